The lowest BCUT2D eigenvalue weighted by molar-refractivity contribution is 1.18. The van der Waals surface area contributed by atoms with Gasteiger partial charge >= 0.3 is 0 Å². The second kappa shape index (κ2) is 10.2. The van der Waals surface area contributed by atoms with Crippen LogP contribution in [0.1, 0.15) is 0 Å². The summed E-state index contributed by atoms with van der Waals surface area (Å²) >= 11 is 6.76. The molecule has 6 rings (SSSR count). The maximum atomic E-state index is 6.76. The van der Waals surface area contributed by atoms with Gasteiger partial charge in [0.05, 0.1) is 16.4 Å². The van der Waals surface area contributed by atoms with Crippen LogP contribution in [0.15, 0.2) is 140 Å². The van der Waals surface area contributed by atoms with E-state index in [2.05, 4.69) is 66.7 Å². The number of nitrogens with zero attached hydrogens (tertiary/aromatic N) is 2. The van der Waals surface area contributed by atoms with Crippen molar-refractivity contribution >= 4 is 11.6 Å². The van der Waals surface area contributed by atoms with Gasteiger partial charge in [0.1, 0.15) is 0 Å². The van der Waals surface area contributed by atoms with Gasteiger partial charge in [-0.3, -0.25) is 0 Å². The summed E-state index contributed by atoms with van der Waals surface area (Å²) < 4.78 is 0. The molecule has 0 spiro atoms. The highest BCUT2D eigenvalue weighted by Crippen LogP contribution is 2.35. The van der Waals surface area contributed by atoms with Gasteiger partial charge in [0.15, 0.2) is 5.82 Å². The average Bonchev–Trinajstić information content (AvgIpc) is 2.98. The Balaban J connectivity index is 1.52. The Labute approximate surface area is 221 Å². The lowest BCUT2D eigenvalue weighted by atomic mass is 9.99. The van der Waals surface area contributed by atoms with Crippen LogP contribution in [-0.4, -0.2) is 9.97 Å². The molecule has 0 saturated heterocycles. The van der Waals surface area contributed by atoms with Crippen molar-refractivity contribution < 1.29 is 0 Å². The summed E-state index contributed by atoms with van der Waals surface area (Å²) in [5, 5.41) is 0.654. The summed E-state index contributed by atoms with van der Waals surface area (Å²) in [4.78, 5) is 9.97. The number of halogens is 1. The minimum absolute atomic E-state index is 0.654. The molecule has 0 amide bonds. The van der Waals surface area contributed by atoms with Gasteiger partial charge in [-0.25, -0.2) is 9.97 Å². The van der Waals surface area contributed by atoms with Crippen LogP contribution in [0.5, 0.6) is 0 Å². The number of aromatic nitrogens is 2. The molecule has 2 nitrogen and oxygen atoms in total. The number of hydrogen-bond donors (Lipinski definition) is 0. The standard InChI is InChI=1S/C34H23ClN2/c35-31-20-19-28(25-13-6-2-7-14-25)22-30(31)33-23-32(36-34(37-33)26-15-8-3-9-16-26)29-18-10-17-27(21-29)24-11-4-1-5-12-24/h1-23H. The Morgan fingerprint density at radius 3 is 1.54 bits per heavy atom. The van der Waals surface area contributed by atoms with Gasteiger partial charge in [0.2, 0.25) is 0 Å². The topological polar surface area (TPSA) is 25.8 Å². The van der Waals surface area contributed by atoms with E-state index >= 15 is 0 Å². The van der Waals surface area contributed by atoms with Gasteiger partial charge in [0, 0.05) is 16.7 Å². The van der Waals surface area contributed by atoms with E-state index < -0.39 is 0 Å². The van der Waals surface area contributed by atoms with Crippen LogP contribution in [0, 0.1) is 0 Å². The molecular formula is C34H23ClN2. The molecule has 0 aliphatic heterocycles. The highest BCUT2D eigenvalue weighted by Gasteiger charge is 2.14. The molecule has 37 heavy (non-hydrogen) atoms. The van der Waals surface area contributed by atoms with Gasteiger partial charge in [0.25, 0.3) is 0 Å². The molecule has 0 atom stereocenters. The van der Waals surface area contributed by atoms with Crippen molar-refractivity contribution in [2.75, 3.05) is 0 Å². The summed E-state index contributed by atoms with van der Waals surface area (Å²) in [5.74, 6) is 0.666. The molecule has 0 saturated carbocycles. The Bertz CT molecular complexity index is 1660. The molecule has 5 aromatic carbocycles. The first-order valence-electron chi connectivity index (χ1n) is 12.2. The van der Waals surface area contributed by atoms with E-state index in [0.717, 1.165) is 44.8 Å². The lowest BCUT2D eigenvalue weighted by Crippen LogP contribution is -1.96. The number of rotatable bonds is 5. The van der Waals surface area contributed by atoms with Crippen molar-refractivity contribution in [3.63, 3.8) is 0 Å². The summed E-state index contributed by atoms with van der Waals surface area (Å²) in [6.45, 7) is 0. The third-order valence-electron chi connectivity index (χ3n) is 6.37. The predicted octanol–water partition coefficient (Wildman–Crippen LogP) is 9.46. The summed E-state index contributed by atoms with van der Waals surface area (Å²) in [6, 6.07) is 47.4. The third-order valence-corrected chi connectivity index (χ3v) is 6.70. The zero-order valence-electron chi connectivity index (χ0n) is 20.1. The molecule has 0 unspecified atom stereocenters. The van der Waals surface area contributed by atoms with Crippen molar-refractivity contribution in [2.24, 2.45) is 0 Å². The van der Waals surface area contributed by atoms with Crippen LogP contribution in [0.4, 0.5) is 0 Å². The molecule has 0 aliphatic rings. The molecule has 3 heteroatoms. The van der Waals surface area contributed by atoms with Gasteiger partial charge in [-0.1, -0.05) is 127 Å². The Morgan fingerprint density at radius 1 is 0.378 bits per heavy atom. The first-order valence-corrected chi connectivity index (χ1v) is 12.6. The Hall–Kier alpha value is -4.53. The average molecular weight is 495 g/mol. The van der Waals surface area contributed by atoms with E-state index in [1.807, 2.05) is 72.8 Å². The predicted molar refractivity (Wildman–Crippen MR) is 154 cm³/mol. The van der Waals surface area contributed by atoms with Crippen molar-refractivity contribution in [1.29, 1.82) is 0 Å². The second-order valence-electron chi connectivity index (χ2n) is 8.84. The van der Waals surface area contributed by atoms with Crippen molar-refractivity contribution in [3.8, 4) is 56.2 Å². The van der Waals surface area contributed by atoms with E-state index in [-0.39, 0.29) is 0 Å². The van der Waals surface area contributed by atoms with E-state index in [0.29, 0.717) is 10.8 Å². The molecule has 0 bridgehead atoms. The Morgan fingerprint density at radius 2 is 0.892 bits per heavy atom. The zero-order chi connectivity index (χ0) is 25.0. The van der Waals surface area contributed by atoms with Crippen LogP contribution >= 0.6 is 11.6 Å². The van der Waals surface area contributed by atoms with Crippen LogP contribution in [-0.2, 0) is 0 Å². The van der Waals surface area contributed by atoms with E-state index in [4.69, 9.17) is 21.6 Å². The fraction of sp³-hybridized carbons (Fsp3) is 0. The van der Waals surface area contributed by atoms with Crippen molar-refractivity contribution in [2.45, 2.75) is 0 Å². The smallest absolute Gasteiger partial charge is 0.160 e. The van der Waals surface area contributed by atoms with Crippen LogP contribution in [0.3, 0.4) is 0 Å². The minimum atomic E-state index is 0.654. The molecule has 0 radical (unpaired) electrons. The summed E-state index contributed by atoms with van der Waals surface area (Å²) in [5.41, 5.74) is 9.03. The minimum Gasteiger partial charge on any atom is -0.228 e. The maximum Gasteiger partial charge on any atom is 0.160 e. The quantitative estimate of drug-likeness (QED) is 0.238. The van der Waals surface area contributed by atoms with Crippen LogP contribution in [0.25, 0.3) is 56.2 Å². The fourth-order valence-corrected chi connectivity index (χ4v) is 4.68. The molecule has 176 valence electrons. The van der Waals surface area contributed by atoms with Gasteiger partial charge < -0.3 is 0 Å². The first-order chi connectivity index (χ1) is 18.2. The SMILES string of the molecule is Clc1ccc(-c2ccccc2)cc1-c1cc(-c2cccc(-c3ccccc3)c2)nc(-c2ccccc2)n1. The summed E-state index contributed by atoms with van der Waals surface area (Å²) in [7, 11) is 0. The molecule has 0 aliphatic carbocycles. The zero-order valence-corrected chi connectivity index (χ0v) is 20.8. The van der Waals surface area contributed by atoms with Crippen LogP contribution in [0.2, 0.25) is 5.02 Å². The van der Waals surface area contributed by atoms with E-state index in [9.17, 15) is 0 Å². The molecule has 0 N–H and O–H groups in total. The van der Waals surface area contributed by atoms with Crippen molar-refractivity contribution in [3.05, 3.63) is 145 Å². The molecule has 6 aromatic rings. The van der Waals surface area contributed by atoms with E-state index in [1.54, 1.807) is 0 Å². The van der Waals surface area contributed by atoms with Gasteiger partial charge in [-0.15, -0.1) is 0 Å². The molecule has 1 aromatic heterocycles. The van der Waals surface area contributed by atoms with Gasteiger partial charge in [-0.2, -0.15) is 0 Å². The molecule has 1 heterocycles. The normalized spacial score (nSPS) is 10.8. The van der Waals surface area contributed by atoms with Crippen molar-refractivity contribution in [1.82, 2.24) is 9.97 Å². The molecule has 0 fully saturated rings. The number of hydrogen-bond acceptors (Lipinski definition) is 2. The fourth-order valence-electron chi connectivity index (χ4n) is 4.47. The maximum absolute atomic E-state index is 6.76. The second-order valence-corrected chi connectivity index (χ2v) is 9.24. The van der Waals surface area contributed by atoms with Gasteiger partial charge in [-0.05, 0) is 46.5 Å². The van der Waals surface area contributed by atoms with Crippen LogP contribution < -0.4 is 0 Å². The monoisotopic (exact) mass is 494 g/mol. The lowest BCUT2D eigenvalue weighted by Gasteiger charge is -2.12. The first kappa shape index (κ1) is 22.9. The largest absolute Gasteiger partial charge is 0.228 e. The third kappa shape index (κ3) is 4.93. The molecular weight excluding hydrogens is 472 g/mol. The van der Waals surface area contributed by atoms with E-state index in [1.165, 1.54) is 5.56 Å². The Kier molecular flexibility index (Phi) is 6.33. The highest BCUT2D eigenvalue weighted by atomic mass is 35.5. The number of benzene rings is 5. The highest BCUT2D eigenvalue weighted by molar-refractivity contribution is 6.33. The summed E-state index contributed by atoms with van der Waals surface area (Å²) in [6.07, 6.45) is 0.